The number of oxazole rings is 1. The van der Waals surface area contributed by atoms with Gasteiger partial charge in [0.1, 0.15) is 5.76 Å². The molecule has 0 saturated heterocycles. The van der Waals surface area contributed by atoms with Gasteiger partial charge < -0.3 is 9.73 Å². The van der Waals surface area contributed by atoms with Crippen LogP contribution in [0.3, 0.4) is 0 Å². The molecule has 0 amide bonds. The van der Waals surface area contributed by atoms with E-state index in [2.05, 4.69) is 31.1 Å². The first-order valence-electron chi connectivity index (χ1n) is 4.82. The molecule has 74 valence electrons. The molecule has 13 heavy (non-hydrogen) atoms. The SMILES string of the molecule is CCC(C)(CC)NCc1cnco1. The Labute approximate surface area is 79.5 Å². The first kappa shape index (κ1) is 10.3. The van der Waals surface area contributed by atoms with Crippen LogP contribution in [0.2, 0.25) is 0 Å². The number of hydrogen-bond acceptors (Lipinski definition) is 3. The van der Waals surface area contributed by atoms with Crippen molar-refractivity contribution in [2.24, 2.45) is 0 Å². The smallest absolute Gasteiger partial charge is 0.180 e. The highest BCUT2D eigenvalue weighted by Crippen LogP contribution is 2.14. The quantitative estimate of drug-likeness (QED) is 0.759. The van der Waals surface area contributed by atoms with Gasteiger partial charge in [-0.1, -0.05) is 13.8 Å². The molecule has 0 saturated carbocycles. The number of aromatic nitrogens is 1. The largest absolute Gasteiger partial charge is 0.447 e. The number of nitrogens with zero attached hydrogens (tertiary/aromatic N) is 1. The molecule has 0 spiro atoms. The Bertz CT molecular complexity index is 227. The lowest BCUT2D eigenvalue weighted by atomic mass is 9.95. The summed E-state index contributed by atoms with van der Waals surface area (Å²) >= 11 is 0. The monoisotopic (exact) mass is 182 g/mol. The third-order valence-corrected chi connectivity index (χ3v) is 2.73. The number of hydrogen-bond donors (Lipinski definition) is 1. The van der Waals surface area contributed by atoms with Crippen molar-refractivity contribution in [1.29, 1.82) is 0 Å². The van der Waals surface area contributed by atoms with E-state index >= 15 is 0 Å². The molecule has 1 rings (SSSR count). The summed E-state index contributed by atoms with van der Waals surface area (Å²) in [6.45, 7) is 7.37. The van der Waals surface area contributed by atoms with Crippen LogP contribution < -0.4 is 5.32 Å². The summed E-state index contributed by atoms with van der Waals surface area (Å²) in [6.07, 6.45) is 5.46. The molecule has 1 aromatic rings. The Kier molecular flexibility index (Phi) is 3.48. The summed E-state index contributed by atoms with van der Waals surface area (Å²) in [7, 11) is 0. The Hall–Kier alpha value is -0.830. The summed E-state index contributed by atoms with van der Waals surface area (Å²) in [4.78, 5) is 3.87. The minimum absolute atomic E-state index is 0.215. The predicted molar refractivity (Wildman–Crippen MR) is 52.3 cm³/mol. The molecule has 1 heterocycles. The third-order valence-electron chi connectivity index (χ3n) is 2.73. The molecule has 0 aliphatic heterocycles. The molecule has 0 atom stereocenters. The van der Waals surface area contributed by atoms with E-state index in [4.69, 9.17) is 4.42 Å². The molecule has 1 aromatic heterocycles. The Morgan fingerprint density at radius 1 is 1.46 bits per heavy atom. The van der Waals surface area contributed by atoms with Gasteiger partial charge >= 0.3 is 0 Å². The van der Waals surface area contributed by atoms with E-state index in [0.717, 1.165) is 25.1 Å². The number of nitrogens with one attached hydrogen (secondary N) is 1. The first-order chi connectivity index (χ1) is 6.20. The summed E-state index contributed by atoms with van der Waals surface area (Å²) in [5, 5.41) is 3.46. The highest BCUT2D eigenvalue weighted by atomic mass is 16.3. The average molecular weight is 182 g/mol. The summed E-state index contributed by atoms with van der Waals surface area (Å²) in [6, 6.07) is 0. The standard InChI is InChI=1S/C10H18N2O/c1-4-10(3,5-2)12-7-9-6-11-8-13-9/h6,8,12H,4-5,7H2,1-3H3. The summed E-state index contributed by atoms with van der Waals surface area (Å²) < 4.78 is 5.14. The van der Waals surface area contributed by atoms with Crippen LogP contribution in [0.4, 0.5) is 0 Å². The van der Waals surface area contributed by atoms with Crippen LogP contribution in [0, 0.1) is 0 Å². The zero-order valence-corrected chi connectivity index (χ0v) is 8.63. The van der Waals surface area contributed by atoms with Crippen molar-refractivity contribution in [3.63, 3.8) is 0 Å². The van der Waals surface area contributed by atoms with Crippen LogP contribution in [0.25, 0.3) is 0 Å². The molecular formula is C10H18N2O. The van der Waals surface area contributed by atoms with Crippen LogP contribution in [-0.4, -0.2) is 10.5 Å². The molecule has 0 bridgehead atoms. The number of rotatable bonds is 5. The van der Waals surface area contributed by atoms with Crippen LogP contribution in [-0.2, 0) is 6.54 Å². The van der Waals surface area contributed by atoms with Crippen molar-refractivity contribution in [1.82, 2.24) is 10.3 Å². The molecule has 0 aromatic carbocycles. The molecule has 0 fully saturated rings. The van der Waals surface area contributed by atoms with Gasteiger partial charge in [0, 0.05) is 5.54 Å². The van der Waals surface area contributed by atoms with Gasteiger partial charge in [-0.05, 0) is 19.8 Å². The first-order valence-corrected chi connectivity index (χ1v) is 4.82. The molecule has 3 heteroatoms. The minimum atomic E-state index is 0.215. The maximum atomic E-state index is 5.14. The van der Waals surface area contributed by atoms with Gasteiger partial charge in [0.15, 0.2) is 6.39 Å². The van der Waals surface area contributed by atoms with E-state index in [0.29, 0.717) is 0 Å². The molecule has 0 unspecified atom stereocenters. The van der Waals surface area contributed by atoms with Crippen molar-refractivity contribution >= 4 is 0 Å². The topological polar surface area (TPSA) is 38.1 Å². The molecule has 0 radical (unpaired) electrons. The van der Waals surface area contributed by atoms with E-state index in [1.54, 1.807) is 6.20 Å². The van der Waals surface area contributed by atoms with Crippen LogP contribution in [0.15, 0.2) is 17.0 Å². The van der Waals surface area contributed by atoms with Crippen molar-refractivity contribution in [2.45, 2.75) is 45.7 Å². The van der Waals surface area contributed by atoms with E-state index in [-0.39, 0.29) is 5.54 Å². The van der Waals surface area contributed by atoms with Crippen LogP contribution in [0.5, 0.6) is 0 Å². The second kappa shape index (κ2) is 4.42. The lowest BCUT2D eigenvalue weighted by Crippen LogP contribution is -2.40. The zero-order valence-electron chi connectivity index (χ0n) is 8.63. The summed E-state index contributed by atoms with van der Waals surface area (Å²) in [5.41, 5.74) is 0.215. The van der Waals surface area contributed by atoms with Gasteiger partial charge in [-0.15, -0.1) is 0 Å². The lowest BCUT2D eigenvalue weighted by molar-refractivity contribution is 0.314. The second-order valence-corrected chi connectivity index (χ2v) is 3.59. The minimum Gasteiger partial charge on any atom is -0.447 e. The Morgan fingerprint density at radius 3 is 2.62 bits per heavy atom. The lowest BCUT2D eigenvalue weighted by Gasteiger charge is -2.27. The Morgan fingerprint density at radius 2 is 2.15 bits per heavy atom. The fraction of sp³-hybridized carbons (Fsp3) is 0.700. The van der Waals surface area contributed by atoms with Crippen LogP contribution >= 0.6 is 0 Å². The van der Waals surface area contributed by atoms with Crippen molar-refractivity contribution in [2.75, 3.05) is 0 Å². The van der Waals surface area contributed by atoms with Gasteiger partial charge in [-0.2, -0.15) is 0 Å². The fourth-order valence-corrected chi connectivity index (χ4v) is 1.13. The van der Waals surface area contributed by atoms with Gasteiger partial charge in [0.25, 0.3) is 0 Å². The zero-order chi connectivity index (χ0) is 9.73. The maximum absolute atomic E-state index is 5.14. The molecule has 0 aliphatic carbocycles. The second-order valence-electron chi connectivity index (χ2n) is 3.59. The highest BCUT2D eigenvalue weighted by Gasteiger charge is 2.18. The molecule has 3 nitrogen and oxygen atoms in total. The fourth-order valence-electron chi connectivity index (χ4n) is 1.13. The van der Waals surface area contributed by atoms with Crippen molar-refractivity contribution in [3.8, 4) is 0 Å². The van der Waals surface area contributed by atoms with E-state index in [1.165, 1.54) is 6.39 Å². The van der Waals surface area contributed by atoms with E-state index in [9.17, 15) is 0 Å². The van der Waals surface area contributed by atoms with Crippen molar-refractivity contribution in [3.05, 3.63) is 18.4 Å². The highest BCUT2D eigenvalue weighted by molar-refractivity contribution is 4.90. The van der Waals surface area contributed by atoms with Crippen molar-refractivity contribution < 1.29 is 4.42 Å². The molecule has 0 aliphatic rings. The maximum Gasteiger partial charge on any atom is 0.180 e. The van der Waals surface area contributed by atoms with Gasteiger partial charge in [-0.25, -0.2) is 4.98 Å². The normalized spacial score (nSPS) is 11.9. The molecule has 1 N–H and O–H groups in total. The van der Waals surface area contributed by atoms with E-state index in [1.807, 2.05) is 0 Å². The molecular weight excluding hydrogens is 164 g/mol. The summed E-state index contributed by atoms with van der Waals surface area (Å²) in [5.74, 6) is 0.896. The van der Waals surface area contributed by atoms with Gasteiger partial charge in [0.2, 0.25) is 0 Å². The van der Waals surface area contributed by atoms with E-state index < -0.39 is 0 Å². The van der Waals surface area contributed by atoms with Gasteiger partial charge in [-0.3, -0.25) is 0 Å². The van der Waals surface area contributed by atoms with Gasteiger partial charge in [0.05, 0.1) is 12.7 Å². The predicted octanol–water partition coefficient (Wildman–Crippen LogP) is 2.34. The Balaban J connectivity index is 2.41. The van der Waals surface area contributed by atoms with Crippen LogP contribution in [0.1, 0.15) is 39.4 Å². The third kappa shape index (κ3) is 2.84. The average Bonchev–Trinajstić information content (AvgIpc) is 2.67.